The minimum absolute atomic E-state index is 0.0676. The Balaban J connectivity index is 2.31. The zero-order valence-corrected chi connectivity index (χ0v) is 15.1. The van der Waals surface area contributed by atoms with Crippen molar-refractivity contribution in [3.8, 4) is 16.9 Å². The number of ether oxygens (including phenoxy) is 2. The van der Waals surface area contributed by atoms with Crippen molar-refractivity contribution in [1.29, 1.82) is 0 Å². The number of carbonyl (C=O) groups is 2. The number of aldehydes is 1. The van der Waals surface area contributed by atoms with Crippen molar-refractivity contribution in [3.05, 3.63) is 53.6 Å². The topological polar surface area (TPSA) is 52.6 Å². The Morgan fingerprint density at radius 3 is 2.19 bits per heavy atom. The molecule has 0 atom stereocenters. The Kier molecular flexibility index (Phi) is 5.93. The molecule has 4 nitrogen and oxygen atoms in total. The van der Waals surface area contributed by atoms with Gasteiger partial charge in [-0.1, -0.05) is 18.2 Å². The van der Waals surface area contributed by atoms with Crippen LogP contribution in [-0.2, 0) is 4.74 Å². The Morgan fingerprint density at radius 2 is 1.67 bits per heavy atom. The molecule has 0 N–H and O–H groups in total. The number of rotatable bonds is 5. The maximum absolute atomic E-state index is 12.5. The van der Waals surface area contributed by atoms with E-state index < -0.39 is 24.4 Å². The molecule has 0 saturated carbocycles. The van der Waals surface area contributed by atoms with E-state index in [1.54, 1.807) is 32.9 Å². The maximum Gasteiger partial charge on any atom is 0.422 e. The second-order valence-corrected chi connectivity index (χ2v) is 6.86. The average Bonchev–Trinajstić information content (AvgIpc) is 2.57. The van der Waals surface area contributed by atoms with Gasteiger partial charge in [-0.3, -0.25) is 4.79 Å². The molecular weight excluding hydrogens is 361 g/mol. The van der Waals surface area contributed by atoms with Gasteiger partial charge in [0.2, 0.25) is 0 Å². The molecule has 2 rings (SSSR count). The first-order chi connectivity index (χ1) is 12.5. The highest BCUT2D eigenvalue weighted by atomic mass is 19.4. The van der Waals surface area contributed by atoms with Gasteiger partial charge in [0, 0.05) is 11.1 Å². The first kappa shape index (κ1) is 20.5. The number of halogens is 3. The molecule has 0 bridgehead atoms. The Labute approximate surface area is 154 Å². The van der Waals surface area contributed by atoms with Crippen molar-refractivity contribution < 1.29 is 32.2 Å². The fraction of sp³-hybridized carbons (Fsp3) is 0.300. The molecule has 0 spiro atoms. The van der Waals surface area contributed by atoms with Crippen molar-refractivity contribution in [3.63, 3.8) is 0 Å². The highest BCUT2D eigenvalue weighted by molar-refractivity contribution is 5.90. The van der Waals surface area contributed by atoms with E-state index in [9.17, 15) is 22.8 Å². The summed E-state index contributed by atoms with van der Waals surface area (Å²) in [6.07, 6.45) is -3.98. The van der Waals surface area contributed by atoms with Crippen molar-refractivity contribution >= 4 is 12.3 Å². The first-order valence-electron chi connectivity index (χ1n) is 8.11. The van der Waals surface area contributed by atoms with E-state index in [1.807, 2.05) is 0 Å². The van der Waals surface area contributed by atoms with Crippen LogP contribution in [0.5, 0.6) is 5.75 Å². The molecule has 27 heavy (non-hydrogen) atoms. The summed E-state index contributed by atoms with van der Waals surface area (Å²) in [7, 11) is 0. The van der Waals surface area contributed by atoms with Gasteiger partial charge in [-0.05, 0) is 50.6 Å². The van der Waals surface area contributed by atoms with Crippen LogP contribution in [0.3, 0.4) is 0 Å². The second-order valence-electron chi connectivity index (χ2n) is 6.86. The second kappa shape index (κ2) is 7.82. The minimum atomic E-state index is -4.50. The molecule has 0 fully saturated rings. The predicted molar refractivity (Wildman–Crippen MR) is 94.0 cm³/mol. The summed E-state index contributed by atoms with van der Waals surface area (Å²) in [5, 5.41) is 0. The third kappa shape index (κ3) is 6.13. The van der Waals surface area contributed by atoms with Gasteiger partial charge < -0.3 is 9.47 Å². The van der Waals surface area contributed by atoms with Crippen molar-refractivity contribution in [2.45, 2.75) is 32.5 Å². The highest BCUT2D eigenvalue weighted by Crippen LogP contribution is 2.32. The Hall–Kier alpha value is -2.83. The highest BCUT2D eigenvalue weighted by Gasteiger charge is 2.29. The number of carbonyl (C=O) groups excluding carboxylic acids is 2. The molecule has 0 aliphatic heterocycles. The Morgan fingerprint density at radius 1 is 1.04 bits per heavy atom. The van der Waals surface area contributed by atoms with Gasteiger partial charge in [0.05, 0.1) is 5.56 Å². The van der Waals surface area contributed by atoms with Gasteiger partial charge in [-0.2, -0.15) is 13.2 Å². The molecule has 7 heteroatoms. The van der Waals surface area contributed by atoms with E-state index in [-0.39, 0.29) is 11.3 Å². The van der Waals surface area contributed by atoms with Crippen molar-refractivity contribution in [2.24, 2.45) is 0 Å². The van der Waals surface area contributed by atoms with E-state index in [2.05, 4.69) is 0 Å². The normalized spacial score (nSPS) is 11.8. The average molecular weight is 380 g/mol. The van der Waals surface area contributed by atoms with Crippen LogP contribution in [0, 0.1) is 0 Å². The van der Waals surface area contributed by atoms with E-state index in [0.717, 1.165) is 0 Å². The van der Waals surface area contributed by atoms with Crippen molar-refractivity contribution in [2.75, 3.05) is 6.61 Å². The molecular formula is C20H19F3O4. The summed E-state index contributed by atoms with van der Waals surface area (Å²) in [5.41, 5.74) is 0.786. The predicted octanol–water partition coefficient (Wildman–Crippen LogP) is 5.06. The number of hydrogen-bond acceptors (Lipinski definition) is 4. The monoisotopic (exact) mass is 380 g/mol. The van der Waals surface area contributed by atoms with Crippen LogP contribution >= 0.6 is 0 Å². The lowest BCUT2D eigenvalue weighted by Gasteiger charge is -2.19. The third-order valence-electron chi connectivity index (χ3n) is 3.36. The SMILES string of the molecule is CC(C)(C)OC(=O)c1ccc(-c2ccc(C=O)cc2OCC(F)(F)F)cc1. The molecule has 0 amide bonds. The fourth-order valence-corrected chi connectivity index (χ4v) is 2.25. The van der Waals surface area contributed by atoms with Crippen LogP contribution in [0.4, 0.5) is 13.2 Å². The maximum atomic E-state index is 12.5. The van der Waals surface area contributed by atoms with Gasteiger partial charge in [0.1, 0.15) is 17.6 Å². The largest absolute Gasteiger partial charge is 0.483 e. The van der Waals surface area contributed by atoms with E-state index in [4.69, 9.17) is 9.47 Å². The van der Waals surface area contributed by atoms with Crippen LogP contribution in [0.2, 0.25) is 0 Å². The zero-order chi connectivity index (χ0) is 20.2. The molecule has 0 aliphatic carbocycles. The number of hydrogen-bond donors (Lipinski definition) is 0. The quantitative estimate of drug-likeness (QED) is 0.537. The molecule has 2 aromatic rings. The van der Waals surface area contributed by atoms with Gasteiger partial charge in [0.25, 0.3) is 0 Å². The molecule has 0 radical (unpaired) electrons. The summed E-state index contributed by atoms with van der Waals surface area (Å²) in [5.74, 6) is -0.569. The molecule has 2 aromatic carbocycles. The molecule has 0 aromatic heterocycles. The molecule has 0 saturated heterocycles. The number of alkyl halides is 3. The molecule has 0 unspecified atom stereocenters. The lowest BCUT2D eigenvalue weighted by molar-refractivity contribution is -0.153. The van der Waals surface area contributed by atoms with Crippen LogP contribution < -0.4 is 4.74 Å². The van der Waals surface area contributed by atoms with Crippen molar-refractivity contribution in [1.82, 2.24) is 0 Å². The van der Waals surface area contributed by atoms with Gasteiger partial charge >= 0.3 is 12.1 Å². The lowest BCUT2D eigenvalue weighted by atomic mass is 10.0. The summed E-state index contributed by atoms with van der Waals surface area (Å²) in [4.78, 5) is 23.0. The van der Waals surface area contributed by atoms with Crippen LogP contribution in [0.25, 0.3) is 11.1 Å². The van der Waals surface area contributed by atoms with E-state index >= 15 is 0 Å². The van der Waals surface area contributed by atoms with Gasteiger partial charge in [-0.15, -0.1) is 0 Å². The summed E-state index contributed by atoms with van der Waals surface area (Å²) < 4.78 is 47.6. The first-order valence-corrected chi connectivity index (χ1v) is 8.11. The third-order valence-corrected chi connectivity index (χ3v) is 3.36. The summed E-state index contributed by atoms with van der Waals surface area (Å²) in [6.45, 7) is 3.77. The summed E-state index contributed by atoms with van der Waals surface area (Å²) >= 11 is 0. The van der Waals surface area contributed by atoms with Crippen LogP contribution in [0.1, 0.15) is 41.5 Å². The van der Waals surface area contributed by atoms with Crippen LogP contribution in [-0.4, -0.2) is 30.6 Å². The van der Waals surface area contributed by atoms with E-state index in [1.165, 1.54) is 30.3 Å². The zero-order valence-electron chi connectivity index (χ0n) is 15.1. The van der Waals surface area contributed by atoms with Gasteiger partial charge in [-0.25, -0.2) is 4.79 Å². The van der Waals surface area contributed by atoms with Crippen LogP contribution in [0.15, 0.2) is 42.5 Å². The number of esters is 1. The van der Waals surface area contributed by atoms with Gasteiger partial charge in [0.15, 0.2) is 6.61 Å². The minimum Gasteiger partial charge on any atom is -0.483 e. The standard InChI is InChI=1S/C20H19F3O4/c1-19(2,3)27-18(25)15-7-5-14(6-8-15)16-9-4-13(11-24)10-17(16)26-12-20(21,22)23/h4-11H,12H2,1-3H3. The smallest absolute Gasteiger partial charge is 0.422 e. The molecule has 0 heterocycles. The number of benzene rings is 2. The molecule has 144 valence electrons. The lowest BCUT2D eigenvalue weighted by Crippen LogP contribution is -2.23. The summed E-state index contributed by atoms with van der Waals surface area (Å²) in [6, 6.07) is 10.4. The Bertz CT molecular complexity index is 819. The molecule has 0 aliphatic rings. The fourth-order valence-electron chi connectivity index (χ4n) is 2.25. The van der Waals surface area contributed by atoms with E-state index in [0.29, 0.717) is 23.0 Å².